The van der Waals surface area contributed by atoms with Gasteiger partial charge in [0, 0.05) is 45.8 Å². The van der Waals surface area contributed by atoms with E-state index in [1.54, 1.807) is 0 Å². The van der Waals surface area contributed by atoms with Gasteiger partial charge < -0.3 is 92.1 Å². The first-order valence-corrected chi connectivity index (χ1v) is 27.2. The summed E-state index contributed by atoms with van der Waals surface area (Å²) in [6.07, 6.45) is 9.37. The van der Waals surface area contributed by atoms with Crippen molar-refractivity contribution >= 4 is 59.2 Å². The summed E-state index contributed by atoms with van der Waals surface area (Å²) < 4.78 is 0. The average molecular weight is 1060 g/mol. The van der Waals surface area contributed by atoms with E-state index in [9.17, 15) is 33.6 Å². The second kappa shape index (κ2) is 33.8. The van der Waals surface area contributed by atoms with Crippen molar-refractivity contribution in [3.05, 3.63) is 0 Å². The van der Waals surface area contributed by atoms with E-state index < -0.39 is 71.8 Å². The van der Waals surface area contributed by atoms with Gasteiger partial charge in [0.15, 0.2) is 17.9 Å². The van der Waals surface area contributed by atoms with Crippen LogP contribution in [0.3, 0.4) is 0 Å². The van der Waals surface area contributed by atoms with Gasteiger partial charge in [-0.1, -0.05) is 0 Å². The zero-order valence-corrected chi connectivity index (χ0v) is 44.0. The molecule has 4 aliphatic rings. The summed E-state index contributed by atoms with van der Waals surface area (Å²) in [6.45, 7) is 6.57. The predicted octanol–water partition coefficient (Wildman–Crippen LogP) is -4.86. The fraction of sp³-hybridized carbons (Fsp3) is 0.792. The molecular formula is C48H90N20O7. The summed E-state index contributed by atoms with van der Waals surface area (Å²) in [5.74, 6) is -3.34. The lowest BCUT2D eigenvalue weighted by molar-refractivity contribution is -0.148. The van der Waals surface area contributed by atoms with E-state index in [1.807, 2.05) is 0 Å². The van der Waals surface area contributed by atoms with Crippen molar-refractivity contribution in [1.29, 1.82) is 0 Å². The summed E-state index contributed by atoms with van der Waals surface area (Å²) in [4.78, 5) is 115. The molecule has 0 unspecified atom stereocenters. The molecule has 4 aliphatic heterocycles. The minimum atomic E-state index is -1.12. The fourth-order valence-electron chi connectivity index (χ4n) is 10.0. The highest BCUT2D eigenvalue weighted by molar-refractivity contribution is 5.98. The SMILES string of the molecule is NCCCNCCCCNCCCNC(=O)[C@H](CCCN=C(N)N)NC(=O)[C@@H]1CCCN1C(=O)[C@@H]1CCCN1C(=O)[C@H](CCCN=C(N)N)NC(=O)[C@@H]1CCCN1C(=O)[C@H](CCCN=C(N)N)NC(=O)[C@@H]1CCCN1. The van der Waals surface area contributed by atoms with E-state index in [0.717, 1.165) is 45.3 Å². The van der Waals surface area contributed by atoms with Crippen molar-refractivity contribution in [1.82, 2.24) is 51.9 Å². The molecule has 424 valence electrons. The summed E-state index contributed by atoms with van der Waals surface area (Å²) in [5.41, 5.74) is 38.8. The van der Waals surface area contributed by atoms with Crippen LogP contribution in [0.25, 0.3) is 0 Å². The van der Waals surface area contributed by atoms with Crippen molar-refractivity contribution in [2.75, 3.05) is 85.1 Å². The lowest BCUT2D eigenvalue weighted by atomic mass is 10.1. The molecule has 0 bridgehead atoms. The van der Waals surface area contributed by atoms with Crippen molar-refractivity contribution < 1.29 is 33.6 Å². The van der Waals surface area contributed by atoms with E-state index in [4.69, 9.17) is 40.1 Å². The number of carbonyl (C=O) groups is 7. The Morgan fingerprint density at radius 1 is 0.493 bits per heavy atom. The van der Waals surface area contributed by atoms with Gasteiger partial charge in [0.05, 0.1) is 6.04 Å². The van der Waals surface area contributed by atoms with Gasteiger partial charge in [0.2, 0.25) is 41.4 Å². The van der Waals surface area contributed by atoms with Crippen LogP contribution < -0.4 is 77.4 Å². The number of hydrogen-bond acceptors (Lipinski definition) is 14. The van der Waals surface area contributed by atoms with Crippen LogP contribution in [0.2, 0.25) is 0 Å². The number of amides is 7. The number of hydrogen-bond donors (Lipinski definition) is 14. The van der Waals surface area contributed by atoms with Gasteiger partial charge in [-0.3, -0.25) is 48.5 Å². The molecule has 4 rings (SSSR count). The molecule has 75 heavy (non-hydrogen) atoms. The Labute approximate surface area is 441 Å². The number of likely N-dealkylation sites (tertiary alicyclic amines) is 3. The van der Waals surface area contributed by atoms with E-state index in [1.165, 1.54) is 14.7 Å². The lowest BCUT2D eigenvalue weighted by Gasteiger charge is -2.34. The maximum absolute atomic E-state index is 14.7. The minimum absolute atomic E-state index is 0.0837. The molecule has 0 saturated carbocycles. The third kappa shape index (κ3) is 21.2. The molecule has 0 aromatic rings. The zero-order valence-electron chi connectivity index (χ0n) is 44.0. The van der Waals surface area contributed by atoms with Crippen LogP contribution in [0.1, 0.15) is 116 Å². The van der Waals surface area contributed by atoms with E-state index in [2.05, 4.69) is 52.2 Å². The summed E-state index contributed by atoms with van der Waals surface area (Å²) >= 11 is 0. The highest BCUT2D eigenvalue weighted by Crippen LogP contribution is 2.27. The number of nitrogens with zero attached hydrogens (tertiary/aromatic N) is 6. The van der Waals surface area contributed by atoms with E-state index >= 15 is 0 Å². The van der Waals surface area contributed by atoms with Crippen LogP contribution in [0.4, 0.5) is 0 Å². The van der Waals surface area contributed by atoms with Gasteiger partial charge in [0.25, 0.3) is 0 Å². The zero-order chi connectivity index (χ0) is 54.5. The molecule has 0 spiro atoms. The number of aliphatic imine (C=N–C) groups is 3. The van der Waals surface area contributed by atoms with Crippen LogP contribution in [-0.2, 0) is 33.6 Å². The second-order valence-electron chi connectivity index (χ2n) is 19.7. The molecule has 27 nitrogen and oxygen atoms in total. The van der Waals surface area contributed by atoms with Crippen LogP contribution in [0.5, 0.6) is 0 Å². The number of unbranched alkanes of at least 4 members (excludes halogenated alkanes) is 1. The normalized spacial score (nSPS) is 20.4. The Bertz CT molecular complexity index is 1920. The second-order valence-corrected chi connectivity index (χ2v) is 19.7. The van der Waals surface area contributed by atoms with E-state index in [-0.39, 0.29) is 88.2 Å². The molecular weight excluding hydrogens is 969 g/mol. The number of rotatable bonds is 34. The highest BCUT2D eigenvalue weighted by atomic mass is 16.2. The molecule has 4 saturated heterocycles. The first-order valence-electron chi connectivity index (χ1n) is 27.2. The van der Waals surface area contributed by atoms with Gasteiger partial charge in [-0.15, -0.1) is 0 Å². The molecule has 0 radical (unpaired) electrons. The smallest absolute Gasteiger partial charge is 0.246 e. The fourth-order valence-corrected chi connectivity index (χ4v) is 10.0. The molecule has 27 heteroatoms. The van der Waals surface area contributed by atoms with Crippen LogP contribution in [-0.4, -0.2) is 201 Å². The van der Waals surface area contributed by atoms with Crippen molar-refractivity contribution in [2.24, 2.45) is 55.1 Å². The predicted molar refractivity (Wildman–Crippen MR) is 287 cm³/mol. The summed E-state index contributed by atoms with van der Waals surface area (Å²) in [6, 6.07) is -6.19. The number of nitrogens with two attached hydrogens (primary N) is 7. The Morgan fingerprint density at radius 2 is 0.933 bits per heavy atom. The summed E-state index contributed by atoms with van der Waals surface area (Å²) in [5, 5.41) is 21.6. The maximum atomic E-state index is 14.7. The third-order valence-electron chi connectivity index (χ3n) is 13.9. The van der Waals surface area contributed by atoms with Gasteiger partial charge in [-0.2, -0.15) is 0 Å². The van der Waals surface area contributed by atoms with Gasteiger partial charge in [-0.25, -0.2) is 0 Å². The molecule has 4 heterocycles. The Balaban J connectivity index is 1.41. The van der Waals surface area contributed by atoms with Gasteiger partial charge in [-0.05, 0) is 155 Å². The van der Waals surface area contributed by atoms with Gasteiger partial charge in [0.1, 0.15) is 36.3 Å². The van der Waals surface area contributed by atoms with Crippen molar-refractivity contribution in [2.45, 2.75) is 158 Å². The third-order valence-corrected chi connectivity index (χ3v) is 13.9. The molecule has 7 atom stereocenters. The standard InChI is InChI=1S/C48H90N20O7/c49-19-10-22-56-20-1-2-21-57-23-11-28-59-39(69)33(13-4-25-60-46(50)51)63-41(71)37-17-8-30-67(37)45(75)38-18-9-31-68(38)44(74)35(15-6-27-62-48(54)55)65-42(72)36-16-7-29-66(36)43(73)34(14-5-26-61-47(52)53)64-40(70)32-12-3-24-58-32/h32-38,56-58H,1-31,49H2,(H,59,69)(H,63,71)(H,64,70)(H,65,72)(H4,50,51,60)(H4,52,53,61)(H4,54,55,62)/t32-,33-,34-,35-,36-,37-,38-/m0/s1. The lowest BCUT2D eigenvalue weighted by Crippen LogP contribution is -2.59. The molecule has 0 aliphatic carbocycles. The Hall–Kier alpha value is -6.06. The first kappa shape index (κ1) is 61.5. The number of nitrogens with one attached hydrogen (secondary N) is 7. The quantitative estimate of drug-likeness (QED) is 0.0163. The average Bonchev–Trinajstić information content (AvgIpc) is 4.24. The Kier molecular flexibility index (Phi) is 27.7. The number of guanidine groups is 3. The van der Waals surface area contributed by atoms with Crippen LogP contribution in [0, 0.1) is 0 Å². The summed E-state index contributed by atoms with van der Waals surface area (Å²) in [7, 11) is 0. The molecule has 7 amide bonds. The molecule has 21 N–H and O–H groups in total. The van der Waals surface area contributed by atoms with Crippen LogP contribution >= 0.6 is 0 Å². The largest absolute Gasteiger partial charge is 0.370 e. The Morgan fingerprint density at radius 3 is 1.44 bits per heavy atom. The van der Waals surface area contributed by atoms with Gasteiger partial charge >= 0.3 is 0 Å². The van der Waals surface area contributed by atoms with E-state index in [0.29, 0.717) is 96.8 Å². The molecule has 0 aromatic heterocycles. The van der Waals surface area contributed by atoms with Crippen molar-refractivity contribution in [3.8, 4) is 0 Å². The first-order chi connectivity index (χ1) is 36.1. The maximum Gasteiger partial charge on any atom is 0.246 e. The molecule has 0 aromatic carbocycles. The monoisotopic (exact) mass is 1060 g/mol. The van der Waals surface area contributed by atoms with Crippen molar-refractivity contribution in [3.63, 3.8) is 0 Å². The van der Waals surface area contributed by atoms with Crippen LogP contribution in [0.15, 0.2) is 15.0 Å². The number of carbonyl (C=O) groups excluding carboxylic acids is 7. The minimum Gasteiger partial charge on any atom is -0.370 e. The molecule has 4 fully saturated rings. The topological polar surface area (TPSA) is 433 Å². The highest BCUT2D eigenvalue weighted by Gasteiger charge is 2.45.